The summed E-state index contributed by atoms with van der Waals surface area (Å²) in [5, 5.41) is 15.0. The molecule has 16 heavy (non-hydrogen) atoms. The maximum Gasteiger partial charge on any atom is 0.0901 e. The lowest BCUT2D eigenvalue weighted by Gasteiger charge is -2.07. The van der Waals surface area contributed by atoms with Gasteiger partial charge in [-0.1, -0.05) is 17.7 Å². The highest BCUT2D eigenvalue weighted by atomic mass is 16.4. The molecule has 1 heterocycles. The molecule has 0 saturated heterocycles. The first-order chi connectivity index (χ1) is 7.58. The fourth-order valence-electron chi connectivity index (χ4n) is 1.53. The van der Waals surface area contributed by atoms with Crippen LogP contribution >= 0.6 is 0 Å². The van der Waals surface area contributed by atoms with Crippen molar-refractivity contribution in [3.8, 4) is 5.69 Å². The molecule has 0 saturated carbocycles. The second-order valence-corrected chi connectivity index (χ2v) is 3.71. The molecule has 0 aliphatic heterocycles. The third-order valence-electron chi connectivity index (χ3n) is 2.32. The van der Waals surface area contributed by atoms with Gasteiger partial charge >= 0.3 is 0 Å². The van der Waals surface area contributed by atoms with Gasteiger partial charge in [0.1, 0.15) is 0 Å². The fourth-order valence-corrected chi connectivity index (χ4v) is 1.53. The largest absolute Gasteiger partial charge is 0.543 e. The fraction of sp³-hybridized carbons (Fsp3) is 0.167. The number of rotatable bonds is 2. The Hall–Kier alpha value is -2.10. The molecular formula is C12H11N2O2-. The Kier molecular flexibility index (Phi) is 2.48. The number of carbonyl (C=O) groups is 1. The van der Waals surface area contributed by atoms with Crippen LogP contribution in [-0.4, -0.2) is 15.7 Å². The topological polar surface area (TPSA) is 58.0 Å². The van der Waals surface area contributed by atoms with Crippen LogP contribution in [0.1, 0.15) is 21.7 Å². The highest BCUT2D eigenvalue weighted by molar-refractivity contribution is 5.84. The van der Waals surface area contributed by atoms with E-state index in [1.807, 2.05) is 31.2 Å². The summed E-state index contributed by atoms with van der Waals surface area (Å²) in [5.41, 5.74) is 2.56. The Labute approximate surface area is 93.1 Å². The third-order valence-corrected chi connectivity index (χ3v) is 2.32. The number of aromatic nitrogens is 2. The van der Waals surface area contributed by atoms with Gasteiger partial charge in [0.2, 0.25) is 0 Å². The van der Waals surface area contributed by atoms with Crippen molar-refractivity contribution >= 4 is 5.97 Å². The lowest BCUT2D eigenvalue weighted by atomic mass is 10.2. The molecule has 0 fully saturated rings. The zero-order chi connectivity index (χ0) is 11.7. The number of hydrogen-bond donors (Lipinski definition) is 0. The van der Waals surface area contributed by atoms with E-state index in [4.69, 9.17) is 0 Å². The molecule has 0 aliphatic rings. The number of benzene rings is 1. The number of aromatic carboxylic acids is 1. The monoisotopic (exact) mass is 215 g/mol. The van der Waals surface area contributed by atoms with Crippen molar-refractivity contribution in [3.63, 3.8) is 0 Å². The van der Waals surface area contributed by atoms with Gasteiger partial charge in [0, 0.05) is 0 Å². The molecule has 82 valence electrons. The molecule has 1 aromatic carbocycles. The number of nitrogens with zero attached hydrogens (tertiary/aromatic N) is 2. The number of hydrogen-bond acceptors (Lipinski definition) is 3. The van der Waals surface area contributed by atoms with Crippen molar-refractivity contribution < 1.29 is 9.90 Å². The normalized spacial score (nSPS) is 10.4. The number of aryl methyl sites for hydroxylation is 2. The van der Waals surface area contributed by atoms with Crippen LogP contribution in [0.2, 0.25) is 0 Å². The summed E-state index contributed by atoms with van der Waals surface area (Å²) in [4.78, 5) is 10.9. The number of carboxylic acid groups (broad SMARTS) is 1. The summed E-state index contributed by atoms with van der Waals surface area (Å²) in [5.74, 6) is -1.22. The lowest BCUT2D eigenvalue weighted by Crippen LogP contribution is -2.25. The summed E-state index contributed by atoms with van der Waals surface area (Å²) in [6.07, 6.45) is 0. The second-order valence-electron chi connectivity index (χ2n) is 3.71. The van der Waals surface area contributed by atoms with Crippen LogP contribution in [-0.2, 0) is 0 Å². The van der Waals surface area contributed by atoms with Gasteiger partial charge in [-0.3, -0.25) is 0 Å². The van der Waals surface area contributed by atoms with Gasteiger partial charge < -0.3 is 9.90 Å². The Morgan fingerprint density at radius 1 is 1.25 bits per heavy atom. The molecule has 0 N–H and O–H groups in total. The molecule has 0 unspecified atom stereocenters. The summed E-state index contributed by atoms with van der Waals surface area (Å²) in [6.45, 7) is 3.72. The van der Waals surface area contributed by atoms with E-state index < -0.39 is 5.97 Å². The van der Waals surface area contributed by atoms with Gasteiger partial charge in [0.05, 0.1) is 23.0 Å². The summed E-state index contributed by atoms with van der Waals surface area (Å²) in [6, 6.07) is 8.97. The Morgan fingerprint density at radius 3 is 2.44 bits per heavy atom. The van der Waals surface area contributed by atoms with Crippen molar-refractivity contribution in [2.45, 2.75) is 13.8 Å². The minimum atomic E-state index is -1.22. The number of carbonyl (C=O) groups excluding carboxylic acids is 1. The smallest absolute Gasteiger partial charge is 0.0901 e. The van der Waals surface area contributed by atoms with Crippen LogP contribution < -0.4 is 5.11 Å². The van der Waals surface area contributed by atoms with E-state index in [-0.39, 0.29) is 5.69 Å². The molecule has 0 amide bonds. The van der Waals surface area contributed by atoms with Crippen molar-refractivity contribution in [1.29, 1.82) is 0 Å². The van der Waals surface area contributed by atoms with E-state index in [2.05, 4.69) is 5.10 Å². The lowest BCUT2D eigenvalue weighted by molar-refractivity contribution is -0.255. The molecule has 0 spiro atoms. The molecule has 4 nitrogen and oxygen atoms in total. The molecule has 1 aromatic heterocycles. The molecule has 0 atom stereocenters. The van der Waals surface area contributed by atoms with Crippen molar-refractivity contribution in [2.24, 2.45) is 0 Å². The van der Waals surface area contributed by atoms with Crippen LogP contribution in [0.5, 0.6) is 0 Å². The zero-order valence-corrected chi connectivity index (χ0v) is 9.10. The molecule has 0 bridgehead atoms. The maximum atomic E-state index is 10.9. The summed E-state index contributed by atoms with van der Waals surface area (Å²) < 4.78 is 1.38. The minimum Gasteiger partial charge on any atom is -0.543 e. The molecule has 0 radical (unpaired) electrons. The van der Waals surface area contributed by atoms with E-state index >= 15 is 0 Å². The number of carboxylic acids is 1. The first-order valence-electron chi connectivity index (χ1n) is 4.93. The first-order valence-corrected chi connectivity index (χ1v) is 4.93. The van der Waals surface area contributed by atoms with E-state index in [0.717, 1.165) is 11.3 Å². The van der Waals surface area contributed by atoms with E-state index in [1.165, 1.54) is 10.7 Å². The van der Waals surface area contributed by atoms with Crippen LogP contribution in [0.4, 0.5) is 0 Å². The van der Waals surface area contributed by atoms with Crippen molar-refractivity contribution in [1.82, 2.24) is 9.78 Å². The van der Waals surface area contributed by atoms with E-state index in [9.17, 15) is 9.90 Å². The SMILES string of the molecule is Cc1ccc(-n2nc(C)cc2C(=O)[O-])cc1. The van der Waals surface area contributed by atoms with Crippen LogP contribution in [0.25, 0.3) is 5.69 Å². The molecule has 0 aliphatic carbocycles. The Balaban J connectivity index is 2.55. The maximum absolute atomic E-state index is 10.9. The molecular weight excluding hydrogens is 204 g/mol. The van der Waals surface area contributed by atoms with Gasteiger partial charge in [-0.05, 0) is 32.0 Å². The van der Waals surface area contributed by atoms with Crippen molar-refractivity contribution in [3.05, 3.63) is 47.3 Å². The standard InChI is InChI=1S/C12H12N2O2/c1-8-3-5-10(6-4-8)14-11(12(15)16)7-9(2)13-14/h3-7H,1-2H3,(H,15,16)/p-1. The third kappa shape index (κ3) is 1.82. The zero-order valence-electron chi connectivity index (χ0n) is 9.10. The highest BCUT2D eigenvalue weighted by Crippen LogP contribution is 2.12. The summed E-state index contributed by atoms with van der Waals surface area (Å²) in [7, 11) is 0. The molecule has 4 heteroatoms. The Bertz CT molecular complexity index is 526. The van der Waals surface area contributed by atoms with Crippen molar-refractivity contribution in [2.75, 3.05) is 0 Å². The average molecular weight is 215 g/mol. The highest BCUT2D eigenvalue weighted by Gasteiger charge is 2.07. The van der Waals surface area contributed by atoms with E-state index in [1.54, 1.807) is 6.92 Å². The van der Waals surface area contributed by atoms with Gasteiger partial charge in [0.25, 0.3) is 0 Å². The first kappa shape index (κ1) is 10.4. The molecule has 2 rings (SSSR count). The predicted octanol–water partition coefficient (Wildman–Crippen LogP) is 0.853. The van der Waals surface area contributed by atoms with Crippen LogP contribution in [0.3, 0.4) is 0 Å². The van der Waals surface area contributed by atoms with Crippen LogP contribution in [0, 0.1) is 13.8 Å². The van der Waals surface area contributed by atoms with Gasteiger partial charge in [0.15, 0.2) is 0 Å². The second kappa shape index (κ2) is 3.81. The quantitative estimate of drug-likeness (QED) is 0.746. The predicted molar refractivity (Wildman–Crippen MR) is 57.4 cm³/mol. The summed E-state index contributed by atoms with van der Waals surface area (Å²) >= 11 is 0. The van der Waals surface area contributed by atoms with Crippen LogP contribution in [0.15, 0.2) is 30.3 Å². The van der Waals surface area contributed by atoms with E-state index in [0.29, 0.717) is 5.69 Å². The Morgan fingerprint density at radius 2 is 1.88 bits per heavy atom. The minimum absolute atomic E-state index is 0.0707. The van der Waals surface area contributed by atoms with Gasteiger partial charge in [-0.15, -0.1) is 0 Å². The van der Waals surface area contributed by atoms with Gasteiger partial charge in [-0.25, -0.2) is 4.68 Å². The van der Waals surface area contributed by atoms with Gasteiger partial charge in [-0.2, -0.15) is 5.10 Å². The molecule has 2 aromatic rings. The average Bonchev–Trinajstić information content (AvgIpc) is 2.61.